The van der Waals surface area contributed by atoms with Crippen LogP contribution in [0.25, 0.3) is 33.3 Å². The van der Waals surface area contributed by atoms with Gasteiger partial charge in [-0.15, -0.1) is 5.10 Å². The Balaban J connectivity index is 1.02. The maximum Gasteiger partial charge on any atom is 0.355 e. The lowest BCUT2D eigenvalue weighted by molar-refractivity contribution is 0.0454. The summed E-state index contributed by atoms with van der Waals surface area (Å²) in [5, 5.41) is 9.21. The van der Waals surface area contributed by atoms with Crippen molar-refractivity contribution < 1.29 is 26.8 Å². The summed E-state index contributed by atoms with van der Waals surface area (Å²) in [6.45, 7) is 7.41. The van der Waals surface area contributed by atoms with Gasteiger partial charge in [-0.2, -0.15) is 0 Å². The van der Waals surface area contributed by atoms with Gasteiger partial charge in [0, 0.05) is 41.7 Å². The standard InChI is InChI=1S/C33H37FN6O5S/c1-22(2)20-45-33(41)32-31(28-17-26(34)5-8-29(28)36-32)30-19-40(38-37-30)18-23-9-13-39(14-10-23)15-12-35-46(42,43)27-6-3-24(4-7-27)25-11-16-44-21-25/h3-8,11,16-17,19,21-23,35-36H,9-10,12-15,18,20H2,1-2H3. The average molecular weight is 649 g/mol. The van der Waals surface area contributed by atoms with Crippen LogP contribution in [-0.4, -0.2) is 72.1 Å². The van der Waals surface area contributed by atoms with Crippen LogP contribution < -0.4 is 4.72 Å². The molecule has 0 spiro atoms. The van der Waals surface area contributed by atoms with Crippen LogP contribution in [0.4, 0.5) is 4.39 Å². The van der Waals surface area contributed by atoms with Crippen LogP contribution in [0, 0.1) is 17.7 Å². The summed E-state index contributed by atoms with van der Waals surface area (Å²) >= 11 is 0. The number of benzene rings is 2. The van der Waals surface area contributed by atoms with Crippen molar-refractivity contribution >= 4 is 26.9 Å². The fourth-order valence-corrected chi connectivity index (χ4v) is 6.75. The van der Waals surface area contributed by atoms with Crippen LogP contribution in [0.15, 0.2) is 76.6 Å². The molecule has 3 aromatic heterocycles. The molecule has 0 bridgehead atoms. The lowest BCUT2D eigenvalue weighted by atomic mass is 9.97. The van der Waals surface area contributed by atoms with Crippen molar-refractivity contribution in [3.8, 4) is 22.4 Å². The number of hydrogen-bond acceptors (Lipinski definition) is 8. The molecule has 0 amide bonds. The summed E-state index contributed by atoms with van der Waals surface area (Å²) in [5.41, 5.74) is 3.56. The summed E-state index contributed by atoms with van der Waals surface area (Å²) in [5.74, 6) is -0.412. The highest BCUT2D eigenvalue weighted by molar-refractivity contribution is 7.89. The molecule has 5 aromatic rings. The Morgan fingerprint density at radius 3 is 2.63 bits per heavy atom. The predicted octanol–water partition coefficient (Wildman–Crippen LogP) is 5.33. The third-order valence-corrected chi connectivity index (χ3v) is 9.68. The molecule has 1 aliphatic heterocycles. The lowest BCUT2D eigenvalue weighted by Gasteiger charge is -2.31. The maximum absolute atomic E-state index is 14.2. The fourth-order valence-electron chi connectivity index (χ4n) is 5.73. The first-order valence-electron chi connectivity index (χ1n) is 15.4. The van der Waals surface area contributed by atoms with Gasteiger partial charge in [0.05, 0.1) is 30.2 Å². The minimum atomic E-state index is -3.62. The highest BCUT2D eigenvalue weighted by atomic mass is 32.2. The summed E-state index contributed by atoms with van der Waals surface area (Å²) < 4.78 is 54.9. The Kier molecular flexibility index (Phi) is 9.34. The smallest absolute Gasteiger partial charge is 0.355 e. The van der Waals surface area contributed by atoms with Gasteiger partial charge >= 0.3 is 5.97 Å². The Morgan fingerprint density at radius 2 is 1.91 bits per heavy atom. The minimum Gasteiger partial charge on any atom is -0.472 e. The molecule has 1 aliphatic rings. The Bertz CT molecular complexity index is 1890. The van der Waals surface area contributed by atoms with Crippen LogP contribution in [0.3, 0.4) is 0 Å². The zero-order chi connectivity index (χ0) is 32.3. The van der Waals surface area contributed by atoms with E-state index >= 15 is 0 Å². The average Bonchev–Trinajstić information content (AvgIpc) is 3.81. The number of nitrogens with one attached hydrogen (secondary N) is 2. The molecule has 0 aliphatic carbocycles. The van der Waals surface area contributed by atoms with Gasteiger partial charge in [-0.05, 0) is 79.7 Å². The number of halogens is 1. The Morgan fingerprint density at radius 1 is 1.13 bits per heavy atom. The van der Waals surface area contributed by atoms with Gasteiger partial charge in [-0.1, -0.05) is 31.2 Å². The topological polar surface area (TPSA) is 135 Å². The molecule has 2 N–H and O–H groups in total. The number of sulfonamides is 1. The van der Waals surface area contributed by atoms with E-state index in [-0.39, 0.29) is 23.1 Å². The van der Waals surface area contributed by atoms with Crippen LogP contribution >= 0.6 is 0 Å². The zero-order valence-electron chi connectivity index (χ0n) is 25.8. The zero-order valence-corrected chi connectivity index (χ0v) is 26.6. The number of carbonyl (C=O) groups is 1. The number of aromatic nitrogens is 4. The normalized spacial score (nSPS) is 14.8. The third kappa shape index (κ3) is 7.22. The summed E-state index contributed by atoms with van der Waals surface area (Å²) in [6, 6.07) is 12.9. The number of H-pyrrole nitrogens is 1. The number of rotatable bonds is 12. The summed E-state index contributed by atoms with van der Waals surface area (Å²) in [6.07, 6.45) is 6.82. The number of furan rings is 1. The van der Waals surface area contributed by atoms with Crippen molar-refractivity contribution in [3.63, 3.8) is 0 Å². The molecule has 6 rings (SSSR count). The largest absolute Gasteiger partial charge is 0.472 e. The van der Waals surface area contributed by atoms with Crippen LogP contribution in [0.2, 0.25) is 0 Å². The maximum atomic E-state index is 14.2. The van der Waals surface area contributed by atoms with Crippen molar-refractivity contribution in [1.29, 1.82) is 0 Å². The molecule has 1 saturated heterocycles. The first-order valence-corrected chi connectivity index (χ1v) is 16.9. The van der Waals surface area contributed by atoms with E-state index in [0.29, 0.717) is 47.7 Å². The molecule has 1 fully saturated rings. The third-order valence-electron chi connectivity index (χ3n) is 8.20. The molecule has 11 nitrogen and oxygen atoms in total. The van der Waals surface area contributed by atoms with Crippen LogP contribution in [-0.2, 0) is 21.3 Å². The number of aromatic amines is 1. The van der Waals surface area contributed by atoms with E-state index in [1.54, 1.807) is 53.7 Å². The van der Waals surface area contributed by atoms with Crippen molar-refractivity contribution in [1.82, 2.24) is 29.6 Å². The lowest BCUT2D eigenvalue weighted by Crippen LogP contribution is -2.40. The monoisotopic (exact) mass is 648 g/mol. The number of hydrogen-bond donors (Lipinski definition) is 2. The van der Waals surface area contributed by atoms with Gasteiger partial charge in [0.25, 0.3) is 0 Å². The molecule has 0 saturated carbocycles. The molecular formula is C33H37FN6O5S. The van der Waals surface area contributed by atoms with Crippen LogP contribution in [0.1, 0.15) is 37.2 Å². The summed E-state index contributed by atoms with van der Waals surface area (Å²) in [4.78, 5) is 18.5. The van der Waals surface area contributed by atoms with Gasteiger partial charge in [-0.25, -0.2) is 22.3 Å². The first-order chi connectivity index (χ1) is 22.2. The van der Waals surface area contributed by atoms with Crippen molar-refractivity contribution in [2.75, 3.05) is 32.8 Å². The van der Waals surface area contributed by atoms with Gasteiger partial charge < -0.3 is 19.0 Å². The van der Waals surface area contributed by atoms with Gasteiger partial charge in [0.1, 0.15) is 17.2 Å². The first kappa shape index (κ1) is 31.6. The molecule has 0 radical (unpaired) electrons. The fraction of sp³-hybridized carbons (Fsp3) is 0.364. The number of esters is 1. The molecule has 0 atom stereocenters. The molecule has 46 heavy (non-hydrogen) atoms. The number of fused-ring (bicyclic) bond motifs is 1. The molecular weight excluding hydrogens is 611 g/mol. The number of ether oxygens (including phenoxy) is 1. The number of carbonyl (C=O) groups excluding carboxylic acids is 1. The SMILES string of the molecule is CC(C)COC(=O)c1[nH]c2ccc(F)cc2c1-c1cn(CC2CCN(CCNS(=O)(=O)c3ccc(-c4ccoc4)cc3)CC2)nn1. The van der Waals surface area contributed by atoms with Crippen LogP contribution in [0.5, 0.6) is 0 Å². The second-order valence-corrected chi connectivity index (χ2v) is 13.9. The molecule has 13 heteroatoms. The minimum absolute atomic E-state index is 0.169. The molecule has 0 unspecified atom stereocenters. The van der Waals surface area contributed by atoms with E-state index in [2.05, 4.69) is 24.9 Å². The number of piperidine rings is 1. The Hall–Kier alpha value is -4.33. The highest BCUT2D eigenvalue weighted by Gasteiger charge is 2.25. The van der Waals surface area contributed by atoms with E-state index < -0.39 is 21.8 Å². The van der Waals surface area contributed by atoms with Gasteiger partial charge in [0.15, 0.2) is 0 Å². The summed E-state index contributed by atoms with van der Waals surface area (Å²) in [7, 11) is -3.62. The quantitative estimate of drug-likeness (QED) is 0.173. The predicted molar refractivity (Wildman–Crippen MR) is 171 cm³/mol. The molecule has 2 aromatic carbocycles. The number of nitrogens with zero attached hydrogens (tertiary/aromatic N) is 4. The van der Waals surface area contributed by atoms with Crippen molar-refractivity contribution in [2.24, 2.45) is 11.8 Å². The molecule has 242 valence electrons. The van der Waals surface area contributed by atoms with E-state index in [1.807, 2.05) is 19.9 Å². The Labute approximate surface area is 266 Å². The highest BCUT2D eigenvalue weighted by Crippen LogP contribution is 2.33. The van der Waals surface area contributed by atoms with E-state index in [0.717, 1.165) is 37.1 Å². The second kappa shape index (κ2) is 13.6. The second-order valence-electron chi connectivity index (χ2n) is 12.1. The van der Waals surface area contributed by atoms with Gasteiger partial charge in [0.2, 0.25) is 10.0 Å². The van der Waals surface area contributed by atoms with E-state index in [4.69, 9.17) is 9.15 Å². The van der Waals surface area contributed by atoms with E-state index in [1.165, 1.54) is 12.1 Å². The van der Waals surface area contributed by atoms with E-state index in [9.17, 15) is 17.6 Å². The van der Waals surface area contributed by atoms with Gasteiger partial charge in [-0.3, -0.25) is 4.68 Å². The van der Waals surface area contributed by atoms with Crippen molar-refractivity contribution in [2.45, 2.75) is 38.1 Å². The van der Waals surface area contributed by atoms with Crippen molar-refractivity contribution in [3.05, 3.63) is 78.8 Å². The number of likely N-dealkylation sites (tertiary alicyclic amines) is 1. The molecule has 4 heterocycles.